The number of nitrogens with one attached hydrogen (secondary N) is 1. The summed E-state index contributed by atoms with van der Waals surface area (Å²) in [5.41, 5.74) is 6.06. The molecule has 0 amide bonds. The monoisotopic (exact) mass is 258 g/mol. The van der Waals surface area contributed by atoms with Gasteiger partial charge < -0.3 is 20.2 Å². The number of nitrogens with zero attached hydrogens (tertiary/aromatic N) is 2. The fourth-order valence-electron chi connectivity index (χ4n) is 1.66. The van der Waals surface area contributed by atoms with Crippen LogP contribution in [0.2, 0.25) is 0 Å². The molecule has 7 nitrogen and oxygen atoms in total. The molecule has 3 rings (SSSR count). The van der Waals surface area contributed by atoms with Crippen LogP contribution in [-0.4, -0.2) is 23.0 Å². The molecule has 2 heterocycles. The Morgan fingerprint density at radius 3 is 3.05 bits per heavy atom. The lowest BCUT2D eigenvalue weighted by Gasteiger charge is -1.98. The van der Waals surface area contributed by atoms with E-state index in [1.54, 1.807) is 18.2 Å². The predicted octanol–water partition coefficient (Wildman–Crippen LogP) is 0.831. The van der Waals surface area contributed by atoms with Gasteiger partial charge in [0.05, 0.1) is 6.33 Å². The molecule has 3 N–H and O–H groups in total. The van der Waals surface area contributed by atoms with Crippen molar-refractivity contribution in [1.29, 1.82) is 0 Å². The molecule has 0 aliphatic carbocycles. The summed E-state index contributed by atoms with van der Waals surface area (Å²) in [4.78, 5) is 21.8. The van der Waals surface area contributed by atoms with Gasteiger partial charge >= 0.3 is 0 Å². The second kappa shape index (κ2) is 4.45. The van der Waals surface area contributed by atoms with Crippen molar-refractivity contribution in [3.63, 3.8) is 0 Å². The number of rotatable bonds is 2. The Morgan fingerprint density at radius 2 is 2.21 bits per heavy atom. The second-order valence-electron chi connectivity index (χ2n) is 3.84. The Kier molecular flexibility index (Phi) is 2.64. The Morgan fingerprint density at radius 1 is 1.37 bits per heavy atom. The van der Waals surface area contributed by atoms with Gasteiger partial charge in [-0.1, -0.05) is 0 Å². The summed E-state index contributed by atoms with van der Waals surface area (Å²) < 4.78 is 10.5. The van der Waals surface area contributed by atoms with Gasteiger partial charge in [0.2, 0.25) is 6.79 Å². The highest BCUT2D eigenvalue weighted by Gasteiger charge is 2.12. The molecular formula is C12H10N4O3. The van der Waals surface area contributed by atoms with Crippen LogP contribution in [0, 0.1) is 0 Å². The first-order valence-electron chi connectivity index (χ1n) is 5.51. The first kappa shape index (κ1) is 11.3. The number of benzene rings is 1. The Labute approximate surface area is 107 Å². The number of fused-ring (bicyclic) bond motifs is 1. The predicted molar refractivity (Wildman–Crippen MR) is 69.1 cm³/mol. The molecule has 7 heteroatoms. The van der Waals surface area contributed by atoms with Crippen LogP contribution in [0.1, 0.15) is 5.56 Å². The molecular weight excluding hydrogens is 248 g/mol. The van der Waals surface area contributed by atoms with E-state index in [-0.39, 0.29) is 23.9 Å². The van der Waals surface area contributed by atoms with Crippen molar-refractivity contribution >= 4 is 17.7 Å². The van der Waals surface area contributed by atoms with Gasteiger partial charge in [0, 0.05) is 6.21 Å². The maximum Gasteiger partial charge on any atom is 0.278 e. The highest BCUT2D eigenvalue weighted by Crippen LogP contribution is 2.32. The van der Waals surface area contributed by atoms with E-state index in [9.17, 15) is 4.79 Å². The Bertz CT molecular complexity index is 708. The quantitative estimate of drug-likeness (QED) is 0.777. The lowest BCUT2D eigenvalue weighted by molar-refractivity contribution is 0.174. The van der Waals surface area contributed by atoms with Crippen LogP contribution < -0.4 is 20.8 Å². The van der Waals surface area contributed by atoms with Gasteiger partial charge in [0.25, 0.3) is 5.56 Å². The number of nitrogens with two attached hydrogens (primary N) is 1. The third-order valence-electron chi connectivity index (χ3n) is 2.60. The van der Waals surface area contributed by atoms with Gasteiger partial charge in [-0.15, -0.1) is 0 Å². The normalized spacial score (nSPS) is 13.1. The molecule has 0 unspecified atom stereocenters. The van der Waals surface area contributed by atoms with Gasteiger partial charge in [-0.2, -0.15) is 0 Å². The number of H-pyrrole nitrogens is 1. The number of nitrogen functional groups attached to an aromatic ring is 1. The van der Waals surface area contributed by atoms with Crippen LogP contribution >= 0.6 is 0 Å². The average molecular weight is 258 g/mol. The van der Waals surface area contributed by atoms with E-state index in [0.717, 1.165) is 5.56 Å². The lowest BCUT2D eigenvalue weighted by atomic mass is 10.2. The molecule has 0 saturated heterocycles. The summed E-state index contributed by atoms with van der Waals surface area (Å²) in [5.74, 6) is 1.42. The van der Waals surface area contributed by atoms with E-state index < -0.39 is 0 Å². The lowest BCUT2D eigenvalue weighted by Crippen LogP contribution is -2.08. The van der Waals surface area contributed by atoms with Crippen molar-refractivity contribution in [2.24, 2.45) is 4.99 Å². The summed E-state index contributed by atoms with van der Waals surface area (Å²) >= 11 is 0. The van der Waals surface area contributed by atoms with Crippen LogP contribution in [0.4, 0.5) is 11.5 Å². The number of anilines is 1. The van der Waals surface area contributed by atoms with Gasteiger partial charge in [-0.25, -0.2) is 9.98 Å². The van der Waals surface area contributed by atoms with E-state index in [1.165, 1.54) is 12.5 Å². The van der Waals surface area contributed by atoms with E-state index in [4.69, 9.17) is 15.2 Å². The van der Waals surface area contributed by atoms with Gasteiger partial charge in [-0.3, -0.25) is 4.79 Å². The molecule has 96 valence electrons. The molecule has 0 atom stereocenters. The second-order valence-corrected chi connectivity index (χ2v) is 3.84. The fourth-order valence-corrected chi connectivity index (χ4v) is 1.66. The Balaban J connectivity index is 1.93. The van der Waals surface area contributed by atoms with Crippen LogP contribution in [0.5, 0.6) is 11.5 Å². The summed E-state index contributed by atoms with van der Waals surface area (Å²) in [5, 5.41) is 0. The molecule has 0 fully saturated rings. The zero-order valence-corrected chi connectivity index (χ0v) is 9.79. The van der Waals surface area contributed by atoms with E-state index >= 15 is 0 Å². The summed E-state index contributed by atoms with van der Waals surface area (Å²) in [7, 11) is 0. The third-order valence-corrected chi connectivity index (χ3v) is 2.60. The van der Waals surface area contributed by atoms with Crippen LogP contribution in [0.25, 0.3) is 0 Å². The SMILES string of the molecule is Nc1nc[nH]c(=O)c1N=Cc1ccc2c(c1)OCO2. The largest absolute Gasteiger partial charge is 0.454 e. The van der Waals surface area contributed by atoms with Crippen LogP contribution in [0.3, 0.4) is 0 Å². The molecule has 19 heavy (non-hydrogen) atoms. The molecule has 1 aromatic heterocycles. The highest BCUT2D eigenvalue weighted by atomic mass is 16.7. The number of ether oxygens (including phenoxy) is 2. The van der Waals surface area contributed by atoms with Crippen molar-refractivity contribution in [3.05, 3.63) is 40.4 Å². The highest BCUT2D eigenvalue weighted by molar-refractivity contribution is 5.84. The summed E-state index contributed by atoms with van der Waals surface area (Å²) in [6, 6.07) is 5.35. The van der Waals surface area contributed by atoms with Crippen LogP contribution in [0.15, 0.2) is 34.3 Å². The smallest absolute Gasteiger partial charge is 0.278 e. The van der Waals surface area contributed by atoms with E-state index in [1.807, 2.05) is 0 Å². The number of aromatic amines is 1. The molecule has 1 aromatic carbocycles. The molecule has 0 saturated carbocycles. The van der Waals surface area contributed by atoms with Crippen LogP contribution in [-0.2, 0) is 0 Å². The van der Waals surface area contributed by atoms with E-state index in [2.05, 4.69) is 15.0 Å². The minimum atomic E-state index is -0.385. The minimum Gasteiger partial charge on any atom is -0.454 e. The molecule has 1 aliphatic heterocycles. The van der Waals surface area contributed by atoms with Gasteiger partial charge in [0.15, 0.2) is 23.0 Å². The Hall–Kier alpha value is -2.83. The van der Waals surface area contributed by atoms with E-state index in [0.29, 0.717) is 11.5 Å². The molecule has 0 spiro atoms. The van der Waals surface area contributed by atoms with Gasteiger partial charge in [-0.05, 0) is 23.8 Å². The fraction of sp³-hybridized carbons (Fsp3) is 0.0833. The molecule has 2 aromatic rings. The molecule has 0 bridgehead atoms. The molecule has 0 radical (unpaired) electrons. The third kappa shape index (κ3) is 2.13. The molecule has 1 aliphatic rings. The maximum atomic E-state index is 11.5. The topological polar surface area (TPSA) is 103 Å². The van der Waals surface area contributed by atoms with Crippen molar-refractivity contribution in [3.8, 4) is 11.5 Å². The first-order chi connectivity index (χ1) is 9.24. The van der Waals surface area contributed by atoms with Gasteiger partial charge in [0.1, 0.15) is 0 Å². The summed E-state index contributed by atoms with van der Waals surface area (Å²) in [6.07, 6.45) is 2.75. The minimum absolute atomic E-state index is 0.0835. The first-order valence-corrected chi connectivity index (χ1v) is 5.51. The van der Waals surface area contributed by atoms with Crippen molar-refractivity contribution in [1.82, 2.24) is 9.97 Å². The maximum absolute atomic E-state index is 11.5. The zero-order chi connectivity index (χ0) is 13.2. The zero-order valence-electron chi connectivity index (χ0n) is 9.79. The van der Waals surface area contributed by atoms with Crippen molar-refractivity contribution < 1.29 is 9.47 Å². The van der Waals surface area contributed by atoms with Crippen molar-refractivity contribution in [2.45, 2.75) is 0 Å². The number of hydrogen-bond donors (Lipinski definition) is 2. The van der Waals surface area contributed by atoms with Crippen molar-refractivity contribution in [2.75, 3.05) is 12.5 Å². The number of aliphatic imine (C=N–C) groups is 1. The average Bonchev–Trinajstić information content (AvgIpc) is 2.85. The number of hydrogen-bond acceptors (Lipinski definition) is 6. The standard InChI is InChI=1S/C12H10N4O3/c13-11-10(12(17)16-5-15-11)14-4-7-1-2-8-9(3-7)19-6-18-8/h1-5H,6H2,(H3,13,15,16,17). The number of aromatic nitrogens is 2. The summed E-state index contributed by atoms with van der Waals surface area (Å²) in [6.45, 7) is 0.213.